The quantitative estimate of drug-likeness (QED) is 0.792. The van der Waals surface area contributed by atoms with Crippen LogP contribution < -0.4 is 4.74 Å². The number of aryl methyl sites for hydroxylation is 1. The van der Waals surface area contributed by atoms with Crippen LogP contribution in [-0.2, 0) is 0 Å². The van der Waals surface area contributed by atoms with E-state index in [-0.39, 0.29) is 6.10 Å². The SMILES string of the molecule is Cc1cccc(OC(C)C)c1-n1nccn1. The molecule has 0 aliphatic heterocycles. The Morgan fingerprint density at radius 2 is 1.88 bits per heavy atom. The lowest BCUT2D eigenvalue weighted by atomic mass is 10.2. The summed E-state index contributed by atoms with van der Waals surface area (Å²) in [7, 11) is 0. The zero-order valence-electron chi connectivity index (χ0n) is 9.71. The minimum atomic E-state index is 0.135. The number of nitrogens with zero attached hydrogens (tertiary/aromatic N) is 3. The van der Waals surface area contributed by atoms with Gasteiger partial charge < -0.3 is 4.74 Å². The first-order valence-electron chi connectivity index (χ1n) is 5.31. The molecule has 0 N–H and O–H groups in total. The predicted molar refractivity (Wildman–Crippen MR) is 61.9 cm³/mol. The molecule has 2 aromatic rings. The van der Waals surface area contributed by atoms with Crippen LogP contribution in [0.1, 0.15) is 19.4 Å². The Kier molecular flexibility index (Phi) is 2.90. The van der Waals surface area contributed by atoms with Crippen molar-refractivity contribution in [2.75, 3.05) is 0 Å². The van der Waals surface area contributed by atoms with Crippen LogP contribution in [-0.4, -0.2) is 21.1 Å². The number of rotatable bonds is 3. The van der Waals surface area contributed by atoms with Crippen molar-refractivity contribution >= 4 is 0 Å². The molecule has 0 atom stereocenters. The topological polar surface area (TPSA) is 39.9 Å². The lowest BCUT2D eigenvalue weighted by molar-refractivity contribution is 0.241. The molecule has 1 heterocycles. The van der Waals surface area contributed by atoms with Crippen molar-refractivity contribution in [3.63, 3.8) is 0 Å². The predicted octanol–water partition coefficient (Wildman–Crippen LogP) is 2.36. The van der Waals surface area contributed by atoms with E-state index >= 15 is 0 Å². The minimum absolute atomic E-state index is 0.135. The Bertz CT molecular complexity index is 463. The summed E-state index contributed by atoms with van der Waals surface area (Å²) in [6.45, 7) is 6.02. The Balaban J connectivity index is 2.49. The van der Waals surface area contributed by atoms with Gasteiger partial charge in [-0.05, 0) is 32.4 Å². The Morgan fingerprint density at radius 1 is 1.19 bits per heavy atom. The fourth-order valence-electron chi connectivity index (χ4n) is 1.57. The highest BCUT2D eigenvalue weighted by Gasteiger charge is 2.11. The summed E-state index contributed by atoms with van der Waals surface area (Å²) in [5, 5.41) is 8.28. The third-order valence-corrected chi connectivity index (χ3v) is 2.18. The average molecular weight is 217 g/mol. The van der Waals surface area contributed by atoms with E-state index in [4.69, 9.17) is 4.74 Å². The molecule has 0 aliphatic carbocycles. The van der Waals surface area contributed by atoms with E-state index in [0.717, 1.165) is 17.0 Å². The van der Waals surface area contributed by atoms with Crippen molar-refractivity contribution in [1.82, 2.24) is 15.0 Å². The fourth-order valence-corrected chi connectivity index (χ4v) is 1.57. The Morgan fingerprint density at radius 3 is 2.50 bits per heavy atom. The van der Waals surface area contributed by atoms with E-state index in [1.807, 2.05) is 39.0 Å². The van der Waals surface area contributed by atoms with Gasteiger partial charge in [-0.1, -0.05) is 12.1 Å². The van der Waals surface area contributed by atoms with E-state index < -0.39 is 0 Å². The molecule has 0 fully saturated rings. The molecule has 1 aromatic carbocycles. The third kappa shape index (κ3) is 2.05. The van der Waals surface area contributed by atoms with Crippen LogP contribution in [0.4, 0.5) is 0 Å². The molecule has 0 spiro atoms. The van der Waals surface area contributed by atoms with Crippen LogP contribution in [0.25, 0.3) is 5.69 Å². The number of para-hydroxylation sites is 1. The fraction of sp³-hybridized carbons (Fsp3) is 0.333. The van der Waals surface area contributed by atoms with Gasteiger partial charge >= 0.3 is 0 Å². The molecule has 0 unspecified atom stereocenters. The first-order valence-corrected chi connectivity index (χ1v) is 5.31. The Labute approximate surface area is 94.9 Å². The molecule has 0 aliphatic rings. The standard InChI is InChI=1S/C12H15N3O/c1-9(2)16-11-6-4-5-10(3)12(11)15-13-7-8-14-15/h4-9H,1-3H3. The summed E-state index contributed by atoms with van der Waals surface area (Å²) in [6.07, 6.45) is 3.45. The van der Waals surface area contributed by atoms with Crippen LogP contribution in [0, 0.1) is 6.92 Å². The zero-order chi connectivity index (χ0) is 11.5. The van der Waals surface area contributed by atoms with Crippen molar-refractivity contribution in [2.45, 2.75) is 26.9 Å². The smallest absolute Gasteiger partial charge is 0.147 e. The Hall–Kier alpha value is -1.84. The van der Waals surface area contributed by atoms with Crippen LogP contribution in [0.2, 0.25) is 0 Å². The van der Waals surface area contributed by atoms with Crippen molar-refractivity contribution in [2.24, 2.45) is 0 Å². The first-order chi connectivity index (χ1) is 7.68. The number of aromatic nitrogens is 3. The van der Waals surface area contributed by atoms with Crippen molar-refractivity contribution < 1.29 is 4.74 Å². The molecule has 4 nitrogen and oxygen atoms in total. The molecular formula is C12H15N3O. The molecule has 1 aromatic heterocycles. The highest BCUT2D eigenvalue weighted by Crippen LogP contribution is 2.25. The van der Waals surface area contributed by atoms with Gasteiger partial charge in [-0.15, -0.1) is 4.80 Å². The zero-order valence-corrected chi connectivity index (χ0v) is 9.71. The van der Waals surface area contributed by atoms with Crippen LogP contribution in [0.15, 0.2) is 30.6 Å². The largest absolute Gasteiger partial charge is 0.489 e. The average Bonchev–Trinajstić information content (AvgIpc) is 2.69. The lowest BCUT2D eigenvalue weighted by Gasteiger charge is -2.15. The summed E-state index contributed by atoms with van der Waals surface area (Å²) in [6, 6.07) is 5.93. The van der Waals surface area contributed by atoms with Crippen LogP contribution in [0.5, 0.6) is 5.75 Å². The molecule has 84 valence electrons. The van der Waals surface area contributed by atoms with Gasteiger partial charge in [0.25, 0.3) is 0 Å². The second-order valence-corrected chi connectivity index (χ2v) is 3.91. The van der Waals surface area contributed by atoms with Gasteiger partial charge in [-0.2, -0.15) is 10.2 Å². The minimum Gasteiger partial charge on any atom is -0.489 e. The van der Waals surface area contributed by atoms with Crippen LogP contribution in [0.3, 0.4) is 0 Å². The van der Waals surface area contributed by atoms with Crippen LogP contribution >= 0.6 is 0 Å². The molecule has 0 bridgehead atoms. The van der Waals surface area contributed by atoms with Gasteiger partial charge in [0.1, 0.15) is 11.4 Å². The summed E-state index contributed by atoms with van der Waals surface area (Å²) in [5.41, 5.74) is 2.00. The van der Waals surface area contributed by atoms with E-state index in [2.05, 4.69) is 10.2 Å². The first kappa shape index (κ1) is 10.7. The summed E-state index contributed by atoms with van der Waals surface area (Å²) in [4.78, 5) is 1.59. The molecule has 0 saturated heterocycles. The summed E-state index contributed by atoms with van der Waals surface area (Å²) < 4.78 is 5.75. The summed E-state index contributed by atoms with van der Waals surface area (Å²) in [5.74, 6) is 0.811. The monoisotopic (exact) mass is 217 g/mol. The maximum absolute atomic E-state index is 5.75. The lowest BCUT2D eigenvalue weighted by Crippen LogP contribution is -2.10. The van der Waals surface area contributed by atoms with Gasteiger partial charge in [0.05, 0.1) is 18.5 Å². The van der Waals surface area contributed by atoms with E-state index in [1.165, 1.54) is 0 Å². The van der Waals surface area contributed by atoms with Crippen molar-refractivity contribution in [3.05, 3.63) is 36.2 Å². The van der Waals surface area contributed by atoms with E-state index in [9.17, 15) is 0 Å². The molecule has 4 heteroatoms. The van der Waals surface area contributed by atoms with Gasteiger partial charge in [0.15, 0.2) is 0 Å². The number of benzene rings is 1. The highest BCUT2D eigenvalue weighted by molar-refractivity contribution is 5.51. The normalized spacial score (nSPS) is 10.8. The molecule has 16 heavy (non-hydrogen) atoms. The molecule has 2 rings (SSSR count). The molecule has 0 amide bonds. The van der Waals surface area contributed by atoms with Crippen molar-refractivity contribution in [1.29, 1.82) is 0 Å². The number of hydrogen-bond acceptors (Lipinski definition) is 3. The van der Waals surface area contributed by atoms with E-state index in [0.29, 0.717) is 0 Å². The highest BCUT2D eigenvalue weighted by atomic mass is 16.5. The number of hydrogen-bond donors (Lipinski definition) is 0. The second kappa shape index (κ2) is 4.35. The maximum Gasteiger partial charge on any atom is 0.147 e. The van der Waals surface area contributed by atoms with Crippen molar-refractivity contribution in [3.8, 4) is 11.4 Å². The second-order valence-electron chi connectivity index (χ2n) is 3.91. The van der Waals surface area contributed by atoms with E-state index in [1.54, 1.807) is 17.2 Å². The third-order valence-electron chi connectivity index (χ3n) is 2.18. The van der Waals surface area contributed by atoms with Gasteiger partial charge in [0.2, 0.25) is 0 Å². The molecule has 0 radical (unpaired) electrons. The number of ether oxygens (including phenoxy) is 1. The van der Waals surface area contributed by atoms with Gasteiger partial charge in [-0.3, -0.25) is 0 Å². The summed E-state index contributed by atoms with van der Waals surface area (Å²) >= 11 is 0. The molecular weight excluding hydrogens is 202 g/mol. The maximum atomic E-state index is 5.75. The van der Waals surface area contributed by atoms with Gasteiger partial charge in [0, 0.05) is 0 Å². The molecule has 0 saturated carbocycles. The van der Waals surface area contributed by atoms with Gasteiger partial charge in [-0.25, -0.2) is 0 Å².